The minimum atomic E-state index is -0.949. The number of carboxylic acids is 1. The molecular formula is C8H17NO2. The molecule has 0 saturated carbocycles. The van der Waals surface area contributed by atoms with Gasteiger partial charge >= 0.3 is 0 Å². The van der Waals surface area contributed by atoms with Crippen molar-refractivity contribution in [2.75, 3.05) is 26.2 Å². The minimum absolute atomic E-state index is 0.142. The average Bonchev–Trinajstić information content (AvgIpc) is 2.00. The van der Waals surface area contributed by atoms with Crippen LogP contribution in [-0.2, 0) is 4.79 Å². The Balaban J connectivity index is 4.16. The molecule has 0 aromatic carbocycles. The second kappa shape index (κ2) is 4.34. The fourth-order valence-electron chi connectivity index (χ4n) is 1.28. The molecule has 0 spiro atoms. The summed E-state index contributed by atoms with van der Waals surface area (Å²) in [5, 5.41) is 10.4. The Morgan fingerprint density at radius 2 is 1.55 bits per heavy atom. The molecule has 0 radical (unpaired) electrons. The van der Waals surface area contributed by atoms with E-state index in [1.807, 2.05) is 20.8 Å². The summed E-state index contributed by atoms with van der Waals surface area (Å²) in [5.74, 6) is -0.949. The van der Waals surface area contributed by atoms with Gasteiger partial charge in [-0.2, -0.15) is 0 Å². The Labute approximate surface area is 68.2 Å². The molecule has 3 nitrogen and oxygen atoms in total. The Kier molecular flexibility index (Phi) is 4.11. The van der Waals surface area contributed by atoms with Crippen molar-refractivity contribution in [2.24, 2.45) is 0 Å². The second-order valence-corrected chi connectivity index (χ2v) is 2.82. The molecule has 0 fully saturated rings. The van der Waals surface area contributed by atoms with Gasteiger partial charge in [-0.15, -0.1) is 0 Å². The molecule has 0 N–H and O–H groups in total. The van der Waals surface area contributed by atoms with Crippen LogP contribution in [0.4, 0.5) is 0 Å². The molecule has 0 aliphatic heterocycles. The van der Waals surface area contributed by atoms with E-state index in [1.165, 1.54) is 0 Å². The minimum Gasteiger partial charge on any atom is -0.544 e. The Morgan fingerprint density at radius 1 is 1.18 bits per heavy atom. The van der Waals surface area contributed by atoms with Gasteiger partial charge < -0.3 is 14.4 Å². The SMILES string of the molecule is CC[N+](CC)(CC)CC(=O)[O-]. The van der Waals surface area contributed by atoms with Gasteiger partial charge in [0.25, 0.3) is 0 Å². The fraction of sp³-hybridized carbons (Fsp3) is 0.875. The second-order valence-electron chi connectivity index (χ2n) is 2.82. The van der Waals surface area contributed by atoms with Crippen molar-refractivity contribution in [1.82, 2.24) is 0 Å². The van der Waals surface area contributed by atoms with Gasteiger partial charge in [-0.05, 0) is 20.8 Å². The third-order valence-electron chi connectivity index (χ3n) is 2.48. The Hall–Kier alpha value is -0.570. The summed E-state index contributed by atoms with van der Waals surface area (Å²) in [6.45, 7) is 8.76. The molecule has 0 amide bonds. The number of likely N-dealkylation sites (N-methyl/N-ethyl adjacent to an activating group) is 1. The van der Waals surface area contributed by atoms with Gasteiger partial charge in [-0.25, -0.2) is 0 Å². The van der Waals surface area contributed by atoms with Crippen LogP contribution < -0.4 is 5.11 Å². The molecule has 0 aromatic heterocycles. The average molecular weight is 159 g/mol. The third-order valence-corrected chi connectivity index (χ3v) is 2.48. The molecule has 11 heavy (non-hydrogen) atoms. The summed E-state index contributed by atoms with van der Waals surface area (Å²) in [7, 11) is 0. The van der Waals surface area contributed by atoms with E-state index in [4.69, 9.17) is 0 Å². The summed E-state index contributed by atoms with van der Waals surface area (Å²) in [6.07, 6.45) is 0. The highest BCUT2D eigenvalue weighted by Crippen LogP contribution is 2.03. The molecule has 0 atom stereocenters. The largest absolute Gasteiger partial charge is 0.544 e. The maximum absolute atomic E-state index is 10.4. The monoisotopic (exact) mass is 159 g/mol. The van der Waals surface area contributed by atoms with Crippen LogP contribution >= 0.6 is 0 Å². The van der Waals surface area contributed by atoms with Crippen LogP contribution in [0.25, 0.3) is 0 Å². The van der Waals surface area contributed by atoms with Gasteiger partial charge in [-0.3, -0.25) is 0 Å². The first-order valence-electron chi connectivity index (χ1n) is 4.15. The zero-order chi connectivity index (χ0) is 8.91. The summed E-state index contributed by atoms with van der Waals surface area (Å²) in [4.78, 5) is 10.4. The molecule has 0 unspecified atom stereocenters. The molecule has 66 valence electrons. The van der Waals surface area contributed by atoms with Gasteiger partial charge in [-0.1, -0.05) is 0 Å². The van der Waals surface area contributed by atoms with Crippen molar-refractivity contribution in [3.8, 4) is 0 Å². The predicted molar refractivity (Wildman–Crippen MR) is 41.8 cm³/mol. The van der Waals surface area contributed by atoms with E-state index >= 15 is 0 Å². The smallest absolute Gasteiger partial charge is 0.119 e. The number of quaternary nitrogens is 1. The van der Waals surface area contributed by atoms with E-state index < -0.39 is 5.97 Å². The molecule has 0 rings (SSSR count). The number of carbonyl (C=O) groups is 1. The molecule has 0 heterocycles. The maximum Gasteiger partial charge on any atom is 0.119 e. The highest BCUT2D eigenvalue weighted by atomic mass is 16.4. The molecule has 0 aliphatic rings. The van der Waals surface area contributed by atoms with Gasteiger partial charge in [0.15, 0.2) is 0 Å². The van der Waals surface area contributed by atoms with E-state index in [0.29, 0.717) is 4.48 Å². The van der Waals surface area contributed by atoms with Crippen LogP contribution in [0.1, 0.15) is 20.8 Å². The third kappa shape index (κ3) is 2.89. The zero-order valence-corrected chi connectivity index (χ0v) is 7.59. The lowest BCUT2D eigenvalue weighted by atomic mass is 10.3. The van der Waals surface area contributed by atoms with E-state index in [0.717, 1.165) is 19.6 Å². The van der Waals surface area contributed by atoms with Crippen LogP contribution in [0.15, 0.2) is 0 Å². The lowest BCUT2D eigenvalue weighted by Crippen LogP contribution is -2.53. The van der Waals surface area contributed by atoms with Gasteiger partial charge in [0.2, 0.25) is 0 Å². The summed E-state index contributed by atoms with van der Waals surface area (Å²) in [6, 6.07) is 0. The number of rotatable bonds is 5. The fourth-order valence-corrected chi connectivity index (χ4v) is 1.28. The van der Waals surface area contributed by atoms with Crippen molar-refractivity contribution >= 4 is 5.97 Å². The van der Waals surface area contributed by atoms with E-state index in [-0.39, 0.29) is 6.54 Å². The quantitative estimate of drug-likeness (QED) is 0.513. The van der Waals surface area contributed by atoms with Crippen molar-refractivity contribution in [3.05, 3.63) is 0 Å². The van der Waals surface area contributed by atoms with Gasteiger partial charge in [0.1, 0.15) is 6.54 Å². The number of nitrogens with zero attached hydrogens (tertiary/aromatic N) is 1. The van der Waals surface area contributed by atoms with Crippen LogP contribution in [-0.4, -0.2) is 36.6 Å². The summed E-state index contributed by atoms with van der Waals surface area (Å²) in [5.41, 5.74) is 0. The first-order valence-corrected chi connectivity index (χ1v) is 4.15. The molecule has 0 aromatic rings. The first kappa shape index (κ1) is 10.4. The molecule has 0 bridgehead atoms. The van der Waals surface area contributed by atoms with Crippen molar-refractivity contribution in [1.29, 1.82) is 0 Å². The van der Waals surface area contributed by atoms with Crippen LogP contribution in [0.3, 0.4) is 0 Å². The highest BCUT2D eigenvalue weighted by Gasteiger charge is 2.19. The van der Waals surface area contributed by atoms with Gasteiger partial charge in [0.05, 0.1) is 25.6 Å². The Morgan fingerprint density at radius 3 is 1.64 bits per heavy atom. The van der Waals surface area contributed by atoms with Crippen LogP contribution in [0.2, 0.25) is 0 Å². The molecule has 0 saturated heterocycles. The standard InChI is InChI=1S/C8H17NO2/c1-4-9(5-2,6-3)7-8(10)11/h4-7H2,1-3H3. The topological polar surface area (TPSA) is 40.1 Å². The van der Waals surface area contributed by atoms with Crippen molar-refractivity contribution in [3.63, 3.8) is 0 Å². The van der Waals surface area contributed by atoms with Crippen LogP contribution in [0.5, 0.6) is 0 Å². The maximum atomic E-state index is 10.4. The number of carbonyl (C=O) groups excluding carboxylic acids is 1. The predicted octanol–water partition coefficient (Wildman–Crippen LogP) is -0.387. The summed E-state index contributed by atoms with van der Waals surface area (Å²) < 4.78 is 0.627. The number of hydrogen-bond donors (Lipinski definition) is 0. The lowest BCUT2D eigenvalue weighted by molar-refractivity contribution is -0.917. The highest BCUT2D eigenvalue weighted by molar-refractivity contribution is 5.65. The lowest BCUT2D eigenvalue weighted by Gasteiger charge is -2.35. The molecule has 0 aliphatic carbocycles. The normalized spacial score (nSPS) is 11.5. The van der Waals surface area contributed by atoms with Gasteiger partial charge in [0, 0.05) is 0 Å². The molecule has 3 heteroatoms. The Bertz CT molecular complexity index is 122. The zero-order valence-electron chi connectivity index (χ0n) is 7.59. The van der Waals surface area contributed by atoms with Crippen LogP contribution in [0, 0.1) is 0 Å². The number of aliphatic carboxylic acids is 1. The van der Waals surface area contributed by atoms with Crippen molar-refractivity contribution in [2.45, 2.75) is 20.8 Å². The first-order chi connectivity index (χ1) is 5.10. The van der Waals surface area contributed by atoms with E-state index in [1.54, 1.807) is 0 Å². The van der Waals surface area contributed by atoms with E-state index in [9.17, 15) is 9.90 Å². The van der Waals surface area contributed by atoms with E-state index in [2.05, 4.69) is 0 Å². The van der Waals surface area contributed by atoms with Crippen molar-refractivity contribution < 1.29 is 14.4 Å². The molecular weight excluding hydrogens is 142 g/mol. The number of hydrogen-bond acceptors (Lipinski definition) is 2. The number of carboxylic acid groups (broad SMARTS) is 1. The summed E-state index contributed by atoms with van der Waals surface area (Å²) >= 11 is 0.